The quantitative estimate of drug-likeness (QED) is 0.845. The number of ether oxygens (including phenoxy) is 1. The number of piperazine rings is 1. The smallest absolute Gasteiger partial charge is 0.417 e. The minimum absolute atomic E-state index is 0.148. The fourth-order valence-electron chi connectivity index (χ4n) is 3.02. The fourth-order valence-corrected chi connectivity index (χ4v) is 3.02. The number of hydrogen-bond donors (Lipinski definition) is 1. The lowest BCUT2D eigenvalue weighted by Gasteiger charge is -2.35. The molecule has 3 rings (SSSR count). The fraction of sp³-hybridized carbons (Fsp3) is 0.368. The van der Waals surface area contributed by atoms with Crippen LogP contribution in [0.15, 0.2) is 42.6 Å². The van der Waals surface area contributed by atoms with E-state index in [1.165, 1.54) is 6.07 Å². The Morgan fingerprint density at radius 2 is 1.86 bits per heavy atom. The van der Waals surface area contributed by atoms with Crippen molar-refractivity contribution in [3.05, 3.63) is 48.2 Å². The van der Waals surface area contributed by atoms with E-state index in [4.69, 9.17) is 4.74 Å². The molecule has 1 saturated heterocycles. The predicted molar refractivity (Wildman–Crippen MR) is 99.5 cm³/mol. The van der Waals surface area contributed by atoms with Crippen molar-refractivity contribution in [3.63, 3.8) is 0 Å². The van der Waals surface area contributed by atoms with Crippen LogP contribution in [0.3, 0.4) is 0 Å². The molecule has 0 bridgehead atoms. The topological polar surface area (TPSA) is 57.7 Å². The number of rotatable bonds is 5. The molecule has 2 aromatic rings. The van der Waals surface area contributed by atoms with Gasteiger partial charge in [0.2, 0.25) is 5.91 Å². The second kappa shape index (κ2) is 8.47. The van der Waals surface area contributed by atoms with Gasteiger partial charge in [0.15, 0.2) is 0 Å². The first kappa shape index (κ1) is 19.9. The van der Waals surface area contributed by atoms with Crippen molar-refractivity contribution in [2.24, 2.45) is 0 Å². The van der Waals surface area contributed by atoms with Gasteiger partial charge in [-0.25, -0.2) is 4.98 Å². The van der Waals surface area contributed by atoms with Gasteiger partial charge in [-0.15, -0.1) is 0 Å². The Morgan fingerprint density at radius 3 is 2.46 bits per heavy atom. The molecule has 1 aromatic heterocycles. The summed E-state index contributed by atoms with van der Waals surface area (Å²) in [6.07, 6.45) is -3.54. The first-order valence-electron chi connectivity index (χ1n) is 8.80. The third-order valence-corrected chi connectivity index (χ3v) is 4.52. The molecule has 0 unspecified atom stereocenters. The summed E-state index contributed by atoms with van der Waals surface area (Å²) in [6, 6.07) is 9.59. The molecule has 0 aliphatic carbocycles. The lowest BCUT2D eigenvalue weighted by molar-refractivity contribution is -0.137. The molecule has 0 radical (unpaired) electrons. The van der Waals surface area contributed by atoms with Gasteiger partial charge in [-0.05, 0) is 24.3 Å². The van der Waals surface area contributed by atoms with E-state index < -0.39 is 11.7 Å². The van der Waals surface area contributed by atoms with Crippen molar-refractivity contribution in [1.82, 2.24) is 9.88 Å². The minimum Gasteiger partial charge on any atom is -0.495 e. The highest BCUT2D eigenvalue weighted by Crippen LogP contribution is 2.29. The van der Waals surface area contributed by atoms with E-state index in [0.29, 0.717) is 43.4 Å². The Balaban J connectivity index is 1.50. The molecular weight excluding hydrogens is 373 g/mol. The monoisotopic (exact) mass is 394 g/mol. The van der Waals surface area contributed by atoms with Crippen molar-refractivity contribution < 1.29 is 22.7 Å². The average molecular weight is 394 g/mol. The Bertz CT molecular complexity index is 804. The predicted octanol–water partition coefficient (Wildman–Crippen LogP) is 2.87. The highest BCUT2D eigenvalue weighted by atomic mass is 19.4. The van der Waals surface area contributed by atoms with Gasteiger partial charge in [0.1, 0.15) is 11.6 Å². The van der Waals surface area contributed by atoms with Crippen molar-refractivity contribution in [2.45, 2.75) is 6.18 Å². The summed E-state index contributed by atoms with van der Waals surface area (Å²) in [5, 5.41) is 2.83. The molecule has 0 spiro atoms. The lowest BCUT2D eigenvalue weighted by Crippen LogP contribution is -2.49. The largest absolute Gasteiger partial charge is 0.495 e. The number of halogens is 3. The molecule has 1 fully saturated rings. The Labute approximate surface area is 160 Å². The maximum absolute atomic E-state index is 12.6. The number of aromatic nitrogens is 1. The van der Waals surface area contributed by atoms with Gasteiger partial charge in [-0.3, -0.25) is 9.69 Å². The lowest BCUT2D eigenvalue weighted by atomic mass is 10.2. The number of amides is 1. The SMILES string of the molecule is COc1ccccc1NC(=O)CN1CCN(c2ccc(C(F)(F)F)cn2)CC1. The molecule has 0 saturated carbocycles. The maximum atomic E-state index is 12.6. The molecule has 6 nitrogen and oxygen atoms in total. The Morgan fingerprint density at radius 1 is 1.14 bits per heavy atom. The van der Waals surface area contributed by atoms with Crippen LogP contribution < -0.4 is 15.0 Å². The second-order valence-electron chi connectivity index (χ2n) is 6.41. The summed E-state index contributed by atoms with van der Waals surface area (Å²) in [5.74, 6) is 0.950. The number of alkyl halides is 3. The summed E-state index contributed by atoms with van der Waals surface area (Å²) >= 11 is 0. The molecule has 0 atom stereocenters. The van der Waals surface area contributed by atoms with Gasteiger partial charge in [0.05, 0.1) is 24.9 Å². The Kier molecular flexibility index (Phi) is 6.03. The summed E-state index contributed by atoms with van der Waals surface area (Å²) < 4.78 is 43.1. The third kappa shape index (κ3) is 4.92. The van der Waals surface area contributed by atoms with E-state index in [1.54, 1.807) is 19.2 Å². The van der Waals surface area contributed by atoms with Crippen LogP contribution in [0.25, 0.3) is 0 Å². The molecule has 9 heteroatoms. The molecule has 1 aliphatic rings. The summed E-state index contributed by atoms with van der Waals surface area (Å²) in [6.45, 7) is 2.62. The summed E-state index contributed by atoms with van der Waals surface area (Å²) in [5.41, 5.74) is -0.148. The summed E-state index contributed by atoms with van der Waals surface area (Å²) in [4.78, 5) is 20.1. The van der Waals surface area contributed by atoms with Crippen LogP contribution in [0.5, 0.6) is 5.75 Å². The number of nitrogens with zero attached hydrogens (tertiary/aromatic N) is 3. The number of para-hydroxylation sites is 2. The van der Waals surface area contributed by atoms with Crippen molar-refractivity contribution >= 4 is 17.4 Å². The highest BCUT2D eigenvalue weighted by molar-refractivity contribution is 5.93. The normalized spacial score (nSPS) is 15.4. The van der Waals surface area contributed by atoms with Gasteiger partial charge in [-0.1, -0.05) is 12.1 Å². The first-order chi connectivity index (χ1) is 13.4. The molecule has 1 aromatic carbocycles. The van der Waals surface area contributed by atoms with E-state index >= 15 is 0 Å². The zero-order valence-electron chi connectivity index (χ0n) is 15.4. The van der Waals surface area contributed by atoms with Crippen LogP contribution in [0.4, 0.5) is 24.7 Å². The number of carbonyl (C=O) groups is 1. The second-order valence-corrected chi connectivity index (χ2v) is 6.41. The number of pyridine rings is 1. The van der Waals surface area contributed by atoms with Gasteiger partial charge in [0, 0.05) is 32.4 Å². The van der Waals surface area contributed by atoms with E-state index in [0.717, 1.165) is 12.3 Å². The number of hydrogen-bond acceptors (Lipinski definition) is 5. The zero-order chi connectivity index (χ0) is 20.1. The van der Waals surface area contributed by atoms with Gasteiger partial charge < -0.3 is 15.0 Å². The number of benzene rings is 1. The standard InChI is InChI=1S/C19H21F3N4O2/c1-28-16-5-3-2-4-15(16)24-18(27)13-25-8-10-26(11-9-25)17-7-6-14(12-23-17)19(20,21)22/h2-7,12H,8-11,13H2,1H3,(H,24,27). The van der Waals surface area contributed by atoms with Crippen molar-refractivity contribution in [3.8, 4) is 5.75 Å². The average Bonchev–Trinajstić information content (AvgIpc) is 2.68. The van der Waals surface area contributed by atoms with Crippen LogP contribution in [0, 0.1) is 0 Å². The third-order valence-electron chi connectivity index (χ3n) is 4.52. The number of anilines is 2. The van der Waals surface area contributed by atoms with Crippen molar-refractivity contribution in [2.75, 3.05) is 50.1 Å². The minimum atomic E-state index is -4.39. The number of methoxy groups -OCH3 is 1. The molecule has 1 amide bonds. The van der Waals surface area contributed by atoms with Crippen LogP contribution in [-0.4, -0.2) is 55.6 Å². The molecule has 1 aliphatic heterocycles. The highest BCUT2D eigenvalue weighted by Gasteiger charge is 2.31. The molecule has 150 valence electrons. The molecular formula is C19H21F3N4O2. The number of carbonyl (C=O) groups excluding carboxylic acids is 1. The molecule has 1 N–H and O–H groups in total. The maximum Gasteiger partial charge on any atom is 0.417 e. The van der Waals surface area contributed by atoms with Gasteiger partial charge >= 0.3 is 6.18 Å². The van der Waals surface area contributed by atoms with E-state index in [2.05, 4.69) is 10.3 Å². The van der Waals surface area contributed by atoms with Crippen LogP contribution in [0.1, 0.15) is 5.56 Å². The van der Waals surface area contributed by atoms with Crippen molar-refractivity contribution in [1.29, 1.82) is 0 Å². The van der Waals surface area contributed by atoms with Gasteiger partial charge in [0.25, 0.3) is 0 Å². The van der Waals surface area contributed by atoms with Gasteiger partial charge in [-0.2, -0.15) is 13.2 Å². The molecule has 28 heavy (non-hydrogen) atoms. The first-order valence-corrected chi connectivity index (χ1v) is 8.80. The van der Waals surface area contributed by atoms with Crippen LogP contribution >= 0.6 is 0 Å². The van der Waals surface area contributed by atoms with Crippen LogP contribution in [-0.2, 0) is 11.0 Å². The zero-order valence-corrected chi connectivity index (χ0v) is 15.4. The number of nitrogens with one attached hydrogen (secondary N) is 1. The van der Waals surface area contributed by atoms with E-state index in [-0.39, 0.29) is 12.5 Å². The molecule has 2 heterocycles. The summed E-state index contributed by atoms with van der Waals surface area (Å²) in [7, 11) is 1.54. The van der Waals surface area contributed by atoms with E-state index in [9.17, 15) is 18.0 Å². The van der Waals surface area contributed by atoms with Crippen LogP contribution in [0.2, 0.25) is 0 Å². The van der Waals surface area contributed by atoms with E-state index in [1.807, 2.05) is 21.9 Å². The Hall–Kier alpha value is -2.81.